The molecule has 1 N–H and O–H groups in total. The van der Waals surface area contributed by atoms with Gasteiger partial charge < -0.3 is 14.5 Å². The smallest absolute Gasteiger partial charge is 0.341 e. The first-order valence-corrected chi connectivity index (χ1v) is 8.48. The van der Waals surface area contributed by atoms with Crippen molar-refractivity contribution in [2.45, 2.75) is 6.92 Å². The van der Waals surface area contributed by atoms with E-state index in [1.165, 1.54) is 6.26 Å². The molecule has 0 radical (unpaired) electrons. The largest absolute Gasteiger partial charge is 0.464 e. The first-order chi connectivity index (χ1) is 12.5. The van der Waals surface area contributed by atoms with Gasteiger partial charge in [-0.15, -0.1) is 11.3 Å². The number of amides is 1. The highest BCUT2D eigenvalue weighted by Crippen LogP contribution is 2.36. The van der Waals surface area contributed by atoms with E-state index in [1.54, 1.807) is 24.4 Å². The van der Waals surface area contributed by atoms with Gasteiger partial charge in [-0.1, -0.05) is 0 Å². The molecular weight excluding hydrogens is 364 g/mol. The van der Waals surface area contributed by atoms with Crippen molar-refractivity contribution in [1.29, 1.82) is 0 Å². The molecule has 0 aliphatic rings. The van der Waals surface area contributed by atoms with Crippen LogP contribution in [0.2, 0.25) is 0 Å². The number of nitrogens with one attached hydrogen (secondary N) is 1. The maximum Gasteiger partial charge on any atom is 0.341 e. The molecule has 0 bridgehead atoms. The second-order valence-electron chi connectivity index (χ2n) is 5.13. The Balaban J connectivity index is 1.98. The van der Waals surface area contributed by atoms with E-state index < -0.39 is 29.1 Å². The van der Waals surface area contributed by atoms with Crippen LogP contribution in [0.25, 0.3) is 11.3 Å². The lowest BCUT2D eigenvalue weighted by atomic mass is 10.1. The summed E-state index contributed by atoms with van der Waals surface area (Å²) in [6, 6.07) is 5.87. The van der Waals surface area contributed by atoms with E-state index in [0.29, 0.717) is 11.3 Å². The molecule has 2 heterocycles. The van der Waals surface area contributed by atoms with Crippen LogP contribution in [0.3, 0.4) is 0 Å². The Morgan fingerprint density at radius 1 is 1.27 bits per heavy atom. The summed E-state index contributed by atoms with van der Waals surface area (Å²) in [5, 5.41) is 4.22. The van der Waals surface area contributed by atoms with Crippen molar-refractivity contribution in [3.63, 3.8) is 0 Å². The molecule has 0 saturated heterocycles. The number of hydrogen-bond acceptors (Lipinski definition) is 5. The number of ether oxygens (including phenoxy) is 1. The van der Waals surface area contributed by atoms with Gasteiger partial charge in [0.2, 0.25) is 0 Å². The van der Waals surface area contributed by atoms with Crippen LogP contribution < -0.4 is 5.32 Å². The quantitative estimate of drug-likeness (QED) is 0.654. The average molecular weight is 377 g/mol. The van der Waals surface area contributed by atoms with Crippen LogP contribution in [0.1, 0.15) is 27.6 Å². The third-order valence-corrected chi connectivity index (χ3v) is 4.35. The molecule has 0 saturated carbocycles. The van der Waals surface area contributed by atoms with Gasteiger partial charge in [-0.2, -0.15) is 0 Å². The van der Waals surface area contributed by atoms with Crippen LogP contribution in [-0.2, 0) is 4.74 Å². The number of anilines is 1. The second-order valence-corrected chi connectivity index (χ2v) is 6.01. The number of furan rings is 1. The lowest BCUT2D eigenvalue weighted by molar-refractivity contribution is 0.0529. The molecule has 3 aromatic rings. The van der Waals surface area contributed by atoms with Crippen molar-refractivity contribution in [3.8, 4) is 11.3 Å². The van der Waals surface area contributed by atoms with Gasteiger partial charge in [0.05, 0.1) is 18.4 Å². The van der Waals surface area contributed by atoms with Gasteiger partial charge in [-0.3, -0.25) is 4.79 Å². The minimum atomic E-state index is -0.875. The van der Waals surface area contributed by atoms with Gasteiger partial charge in [0.1, 0.15) is 28.0 Å². The number of rotatable bonds is 5. The lowest BCUT2D eigenvalue weighted by Crippen LogP contribution is -2.16. The molecule has 0 aliphatic carbocycles. The molecule has 2 aromatic heterocycles. The Bertz CT molecular complexity index is 950. The molecule has 1 amide bonds. The van der Waals surface area contributed by atoms with Crippen molar-refractivity contribution in [1.82, 2.24) is 0 Å². The summed E-state index contributed by atoms with van der Waals surface area (Å²) in [7, 11) is 0. The molecule has 0 aliphatic heterocycles. The van der Waals surface area contributed by atoms with E-state index in [0.717, 1.165) is 29.5 Å². The van der Waals surface area contributed by atoms with E-state index in [2.05, 4.69) is 5.32 Å². The average Bonchev–Trinajstić information content (AvgIpc) is 3.26. The summed E-state index contributed by atoms with van der Waals surface area (Å²) in [5.41, 5.74) is 0.0678. The molecule has 0 fully saturated rings. The van der Waals surface area contributed by atoms with Crippen LogP contribution in [0.4, 0.5) is 13.8 Å². The fourth-order valence-electron chi connectivity index (χ4n) is 2.31. The molecule has 5 nitrogen and oxygen atoms in total. The van der Waals surface area contributed by atoms with Crippen LogP contribution in [0.5, 0.6) is 0 Å². The monoisotopic (exact) mass is 377 g/mol. The van der Waals surface area contributed by atoms with Gasteiger partial charge in [0.25, 0.3) is 5.91 Å². The second kappa shape index (κ2) is 7.49. The van der Waals surface area contributed by atoms with Crippen molar-refractivity contribution >= 4 is 28.2 Å². The lowest BCUT2D eigenvalue weighted by Gasteiger charge is -2.08. The highest BCUT2D eigenvalue weighted by Gasteiger charge is 2.25. The zero-order valence-electron chi connectivity index (χ0n) is 13.5. The Hall–Kier alpha value is -3.00. The van der Waals surface area contributed by atoms with Gasteiger partial charge in [0, 0.05) is 10.9 Å². The third kappa shape index (κ3) is 3.50. The Kier molecular flexibility index (Phi) is 5.13. The van der Waals surface area contributed by atoms with Crippen LogP contribution in [-0.4, -0.2) is 18.5 Å². The Morgan fingerprint density at radius 2 is 2.08 bits per heavy atom. The molecule has 3 rings (SSSR count). The number of carbonyl (C=O) groups excluding carboxylic acids is 2. The number of carbonyl (C=O) groups is 2. The highest BCUT2D eigenvalue weighted by atomic mass is 32.1. The van der Waals surface area contributed by atoms with Gasteiger partial charge >= 0.3 is 5.97 Å². The predicted octanol–water partition coefficient (Wildman–Crippen LogP) is 4.72. The summed E-state index contributed by atoms with van der Waals surface area (Å²) >= 11 is 1.05. The van der Waals surface area contributed by atoms with Crippen LogP contribution in [0.15, 0.2) is 46.4 Å². The number of thiophene rings is 1. The Morgan fingerprint density at radius 3 is 2.77 bits per heavy atom. The number of hydrogen-bond donors (Lipinski definition) is 1. The van der Waals surface area contributed by atoms with Crippen LogP contribution >= 0.6 is 11.3 Å². The van der Waals surface area contributed by atoms with E-state index >= 15 is 0 Å². The predicted molar refractivity (Wildman–Crippen MR) is 92.3 cm³/mol. The maximum atomic E-state index is 13.8. The van der Waals surface area contributed by atoms with E-state index in [4.69, 9.17) is 9.15 Å². The zero-order chi connectivity index (χ0) is 18.7. The first-order valence-electron chi connectivity index (χ1n) is 7.60. The summed E-state index contributed by atoms with van der Waals surface area (Å²) in [5.74, 6) is -2.73. The summed E-state index contributed by atoms with van der Waals surface area (Å²) < 4.78 is 37.5. The van der Waals surface area contributed by atoms with Crippen molar-refractivity contribution < 1.29 is 27.5 Å². The van der Waals surface area contributed by atoms with E-state index in [9.17, 15) is 18.4 Å². The zero-order valence-corrected chi connectivity index (χ0v) is 14.4. The summed E-state index contributed by atoms with van der Waals surface area (Å²) in [6.45, 7) is 1.79. The number of esters is 1. The van der Waals surface area contributed by atoms with E-state index in [1.807, 2.05) is 0 Å². The molecular formula is C18H13F2NO4S. The SMILES string of the molecule is CCOC(=O)c1c(-c2ccco2)csc1NC(=O)c1cc(F)ccc1F. The number of halogens is 2. The van der Waals surface area contributed by atoms with E-state index in [-0.39, 0.29) is 17.2 Å². The normalized spacial score (nSPS) is 10.6. The summed E-state index contributed by atoms with van der Waals surface area (Å²) in [6.07, 6.45) is 1.45. The third-order valence-electron chi connectivity index (χ3n) is 3.46. The van der Waals surface area contributed by atoms with Gasteiger partial charge in [0.15, 0.2) is 0 Å². The topological polar surface area (TPSA) is 68.5 Å². The Labute approximate surface area is 151 Å². The molecule has 1 aromatic carbocycles. The van der Waals surface area contributed by atoms with Crippen molar-refractivity contribution in [3.05, 3.63) is 64.7 Å². The molecule has 26 heavy (non-hydrogen) atoms. The summed E-state index contributed by atoms with van der Waals surface area (Å²) in [4.78, 5) is 24.7. The standard InChI is InChI=1S/C18H13F2NO4S/c1-2-24-18(23)15-12(14-4-3-7-25-14)9-26-17(15)21-16(22)11-8-10(19)5-6-13(11)20/h3-9H,2H2,1H3,(H,21,22). The minimum absolute atomic E-state index is 0.0944. The molecule has 0 spiro atoms. The molecule has 0 unspecified atom stereocenters. The first kappa shape index (κ1) is 17.8. The number of benzene rings is 1. The van der Waals surface area contributed by atoms with Gasteiger partial charge in [-0.05, 0) is 37.3 Å². The van der Waals surface area contributed by atoms with Crippen molar-refractivity contribution in [2.24, 2.45) is 0 Å². The maximum absolute atomic E-state index is 13.8. The minimum Gasteiger partial charge on any atom is -0.464 e. The molecule has 8 heteroatoms. The van der Waals surface area contributed by atoms with Gasteiger partial charge in [-0.25, -0.2) is 13.6 Å². The molecule has 134 valence electrons. The van der Waals surface area contributed by atoms with Crippen molar-refractivity contribution in [2.75, 3.05) is 11.9 Å². The highest BCUT2D eigenvalue weighted by molar-refractivity contribution is 7.15. The molecule has 0 atom stereocenters. The van der Waals surface area contributed by atoms with Crippen LogP contribution in [0, 0.1) is 11.6 Å². The fraction of sp³-hybridized carbons (Fsp3) is 0.111. The fourth-order valence-corrected chi connectivity index (χ4v) is 3.24.